The Bertz CT molecular complexity index is 1220. The van der Waals surface area contributed by atoms with Crippen molar-refractivity contribution in [2.45, 2.75) is 33.0 Å². The highest BCUT2D eigenvalue weighted by Gasteiger charge is 2.22. The van der Waals surface area contributed by atoms with Gasteiger partial charge in [0.1, 0.15) is 5.82 Å². The van der Waals surface area contributed by atoms with E-state index in [1.54, 1.807) is 0 Å². The Kier molecular flexibility index (Phi) is 4.52. The van der Waals surface area contributed by atoms with Gasteiger partial charge in [-0.15, -0.1) is 0 Å². The SMILES string of the molecule is Cc1nc2c(c(=O)[nH]1)CN(Cc1cn(Cc3ccccc3)c3ccccc13)CC2. The highest BCUT2D eigenvalue weighted by Crippen LogP contribution is 2.25. The van der Waals surface area contributed by atoms with Crippen molar-refractivity contribution in [2.24, 2.45) is 0 Å². The topological polar surface area (TPSA) is 53.9 Å². The van der Waals surface area contributed by atoms with E-state index in [1.165, 1.54) is 22.0 Å². The van der Waals surface area contributed by atoms with E-state index in [-0.39, 0.29) is 5.56 Å². The summed E-state index contributed by atoms with van der Waals surface area (Å²) in [6, 6.07) is 19.1. The Morgan fingerprint density at radius 3 is 2.69 bits per heavy atom. The number of hydrogen-bond acceptors (Lipinski definition) is 3. The molecule has 0 aliphatic carbocycles. The van der Waals surface area contributed by atoms with Crippen molar-refractivity contribution >= 4 is 10.9 Å². The Hall–Kier alpha value is -3.18. The number of nitrogens with one attached hydrogen (secondary N) is 1. The second-order valence-corrected chi connectivity index (χ2v) is 7.82. The van der Waals surface area contributed by atoms with E-state index in [2.05, 4.69) is 80.2 Å². The molecule has 1 aliphatic heterocycles. The standard InChI is InChI=1S/C24H24N4O/c1-17-25-22-11-12-27(16-21(22)24(29)26-17)14-19-15-28(13-18-7-3-2-4-8-18)23-10-6-5-9-20(19)23/h2-10,15H,11-14,16H2,1H3,(H,25,26,29). The predicted octanol–water partition coefficient (Wildman–Crippen LogP) is 3.64. The molecule has 0 saturated carbocycles. The first-order valence-electron chi connectivity index (χ1n) is 10.1. The van der Waals surface area contributed by atoms with Gasteiger partial charge in [0, 0.05) is 49.7 Å². The number of rotatable bonds is 4. The molecule has 2 aromatic carbocycles. The van der Waals surface area contributed by atoms with Crippen LogP contribution in [-0.2, 0) is 26.1 Å². The van der Waals surface area contributed by atoms with Crippen molar-refractivity contribution < 1.29 is 0 Å². The maximum absolute atomic E-state index is 12.4. The van der Waals surface area contributed by atoms with Gasteiger partial charge >= 0.3 is 0 Å². The summed E-state index contributed by atoms with van der Waals surface area (Å²) in [4.78, 5) is 22.1. The highest BCUT2D eigenvalue weighted by molar-refractivity contribution is 5.84. The largest absolute Gasteiger partial charge is 0.343 e. The third kappa shape index (κ3) is 3.49. The van der Waals surface area contributed by atoms with Crippen LogP contribution < -0.4 is 5.56 Å². The molecule has 0 radical (unpaired) electrons. The molecule has 0 unspecified atom stereocenters. The minimum atomic E-state index is 0.00343. The van der Waals surface area contributed by atoms with Gasteiger partial charge in [-0.2, -0.15) is 0 Å². The number of hydrogen-bond donors (Lipinski definition) is 1. The molecular weight excluding hydrogens is 360 g/mol. The van der Waals surface area contributed by atoms with Gasteiger partial charge in [0.2, 0.25) is 0 Å². The first-order chi connectivity index (χ1) is 14.2. The number of aromatic amines is 1. The van der Waals surface area contributed by atoms with E-state index >= 15 is 0 Å². The molecule has 0 bridgehead atoms. The fourth-order valence-corrected chi connectivity index (χ4v) is 4.34. The van der Waals surface area contributed by atoms with E-state index in [0.29, 0.717) is 12.4 Å². The van der Waals surface area contributed by atoms with Crippen LogP contribution in [0.2, 0.25) is 0 Å². The third-order valence-corrected chi connectivity index (χ3v) is 5.73. The zero-order valence-electron chi connectivity index (χ0n) is 16.6. The lowest BCUT2D eigenvalue weighted by Gasteiger charge is -2.27. The lowest BCUT2D eigenvalue weighted by molar-refractivity contribution is 0.242. The number of benzene rings is 2. The molecule has 5 rings (SSSR count). The van der Waals surface area contributed by atoms with Crippen molar-refractivity contribution in [1.29, 1.82) is 0 Å². The number of fused-ring (bicyclic) bond motifs is 2. The summed E-state index contributed by atoms with van der Waals surface area (Å²) >= 11 is 0. The van der Waals surface area contributed by atoms with E-state index in [4.69, 9.17) is 0 Å². The van der Waals surface area contributed by atoms with Crippen LogP contribution >= 0.6 is 0 Å². The number of H-pyrrole nitrogens is 1. The Balaban J connectivity index is 1.44. The van der Waals surface area contributed by atoms with Crippen LogP contribution in [0, 0.1) is 6.92 Å². The van der Waals surface area contributed by atoms with Gasteiger partial charge in [0.15, 0.2) is 0 Å². The molecule has 5 nitrogen and oxygen atoms in total. The second-order valence-electron chi connectivity index (χ2n) is 7.82. The van der Waals surface area contributed by atoms with Crippen molar-refractivity contribution in [3.05, 3.63) is 99.4 Å². The zero-order chi connectivity index (χ0) is 19.8. The monoisotopic (exact) mass is 384 g/mol. The summed E-state index contributed by atoms with van der Waals surface area (Å²) in [6.07, 6.45) is 3.09. The third-order valence-electron chi connectivity index (χ3n) is 5.73. The van der Waals surface area contributed by atoms with E-state index in [0.717, 1.165) is 37.3 Å². The summed E-state index contributed by atoms with van der Waals surface area (Å²) in [5.41, 5.74) is 5.61. The Labute approximate surface area is 169 Å². The van der Waals surface area contributed by atoms with Crippen LogP contribution in [0.15, 0.2) is 65.6 Å². The Morgan fingerprint density at radius 1 is 1.03 bits per heavy atom. The van der Waals surface area contributed by atoms with Crippen LogP contribution in [0.1, 0.15) is 28.2 Å². The van der Waals surface area contributed by atoms with Crippen molar-refractivity contribution in [2.75, 3.05) is 6.54 Å². The summed E-state index contributed by atoms with van der Waals surface area (Å²) in [5, 5.41) is 1.28. The second kappa shape index (κ2) is 7.33. The maximum atomic E-state index is 12.4. The minimum absolute atomic E-state index is 0.00343. The van der Waals surface area contributed by atoms with Crippen molar-refractivity contribution in [3.63, 3.8) is 0 Å². The first kappa shape index (κ1) is 17.9. The average Bonchev–Trinajstić information content (AvgIpc) is 3.06. The average molecular weight is 384 g/mol. The van der Waals surface area contributed by atoms with Crippen LogP contribution in [0.4, 0.5) is 0 Å². The van der Waals surface area contributed by atoms with Crippen LogP contribution in [0.5, 0.6) is 0 Å². The summed E-state index contributed by atoms with van der Waals surface area (Å²) < 4.78 is 2.33. The molecular formula is C24H24N4O. The normalized spacial score (nSPS) is 14.2. The van der Waals surface area contributed by atoms with Crippen molar-refractivity contribution in [3.8, 4) is 0 Å². The summed E-state index contributed by atoms with van der Waals surface area (Å²) in [5.74, 6) is 0.700. The van der Waals surface area contributed by atoms with Crippen LogP contribution in [0.25, 0.3) is 10.9 Å². The smallest absolute Gasteiger partial charge is 0.255 e. The maximum Gasteiger partial charge on any atom is 0.255 e. The Morgan fingerprint density at radius 2 is 1.83 bits per heavy atom. The molecule has 2 aromatic heterocycles. The number of para-hydroxylation sites is 1. The molecule has 4 aromatic rings. The summed E-state index contributed by atoms with van der Waals surface area (Å²) in [7, 11) is 0. The van der Waals surface area contributed by atoms with Gasteiger partial charge in [0.05, 0.1) is 11.3 Å². The molecule has 1 aliphatic rings. The van der Waals surface area contributed by atoms with Crippen LogP contribution in [-0.4, -0.2) is 26.0 Å². The molecule has 5 heteroatoms. The molecule has 146 valence electrons. The lowest BCUT2D eigenvalue weighted by atomic mass is 10.1. The quantitative estimate of drug-likeness (QED) is 0.584. The summed E-state index contributed by atoms with van der Waals surface area (Å²) in [6.45, 7) is 5.09. The zero-order valence-corrected chi connectivity index (χ0v) is 16.6. The first-order valence-corrected chi connectivity index (χ1v) is 10.1. The van der Waals surface area contributed by atoms with E-state index in [1.807, 2.05) is 6.92 Å². The molecule has 1 N–H and O–H groups in total. The van der Waals surface area contributed by atoms with Gasteiger partial charge in [-0.05, 0) is 24.1 Å². The molecule has 0 atom stereocenters. The van der Waals surface area contributed by atoms with Gasteiger partial charge < -0.3 is 9.55 Å². The molecule has 3 heterocycles. The fraction of sp³-hybridized carbons (Fsp3) is 0.250. The molecule has 0 amide bonds. The fourth-order valence-electron chi connectivity index (χ4n) is 4.34. The minimum Gasteiger partial charge on any atom is -0.343 e. The van der Waals surface area contributed by atoms with Crippen LogP contribution in [0.3, 0.4) is 0 Å². The van der Waals surface area contributed by atoms with Gasteiger partial charge in [-0.25, -0.2) is 4.98 Å². The van der Waals surface area contributed by atoms with Gasteiger partial charge in [0.25, 0.3) is 5.56 Å². The van der Waals surface area contributed by atoms with Crippen molar-refractivity contribution in [1.82, 2.24) is 19.4 Å². The molecule has 0 spiro atoms. The van der Waals surface area contributed by atoms with E-state index in [9.17, 15) is 4.79 Å². The van der Waals surface area contributed by atoms with E-state index < -0.39 is 0 Å². The number of aryl methyl sites for hydroxylation is 1. The van der Waals surface area contributed by atoms with Gasteiger partial charge in [-0.1, -0.05) is 48.5 Å². The lowest BCUT2D eigenvalue weighted by Crippen LogP contribution is -2.35. The number of aromatic nitrogens is 3. The highest BCUT2D eigenvalue weighted by atomic mass is 16.1. The molecule has 0 saturated heterocycles. The molecule has 29 heavy (non-hydrogen) atoms. The van der Waals surface area contributed by atoms with Gasteiger partial charge in [-0.3, -0.25) is 9.69 Å². The molecule has 0 fully saturated rings. The predicted molar refractivity (Wildman–Crippen MR) is 115 cm³/mol. The number of nitrogens with zero attached hydrogens (tertiary/aromatic N) is 3.